The highest BCUT2D eigenvalue weighted by atomic mass is 32.1. The molecule has 1 aliphatic rings. The van der Waals surface area contributed by atoms with Crippen molar-refractivity contribution in [1.82, 2.24) is 9.97 Å². The average Bonchev–Trinajstić information content (AvgIpc) is 3.52. The van der Waals surface area contributed by atoms with Crippen LogP contribution in [0.4, 0.5) is 0 Å². The summed E-state index contributed by atoms with van der Waals surface area (Å²) in [4.78, 5) is 9.48. The van der Waals surface area contributed by atoms with Crippen LogP contribution in [0.5, 0.6) is 0 Å². The second kappa shape index (κ2) is 10.9. The van der Waals surface area contributed by atoms with Crippen LogP contribution in [0.2, 0.25) is 0 Å². The zero-order valence-corrected chi connectivity index (χ0v) is 24.4. The van der Waals surface area contributed by atoms with E-state index in [9.17, 15) is 0 Å². The first-order valence-electron chi connectivity index (χ1n) is 14.7. The van der Waals surface area contributed by atoms with Crippen LogP contribution in [0.25, 0.3) is 71.5 Å². The number of rotatable bonds is 5. The van der Waals surface area contributed by atoms with Crippen LogP contribution >= 0.6 is 11.3 Å². The van der Waals surface area contributed by atoms with Gasteiger partial charge in [0.25, 0.3) is 0 Å². The van der Waals surface area contributed by atoms with Crippen LogP contribution in [0, 0.1) is 0 Å². The van der Waals surface area contributed by atoms with E-state index in [1.54, 1.807) is 11.3 Å². The van der Waals surface area contributed by atoms with E-state index in [2.05, 4.69) is 126 Å². The van der Waals surface area contributed by atoms with Crippen LogP contribution in [0.15, 0.2) is 140 Å². The Morgan fingerprint density at radius 3 is 2.09 bits per heavy atom. The van der Waals surface area contributed by atoms with Crippen molar-refractivity contribution in [3.63, 3.8) is 0 Å². The number of hydrogen-bond acceptors (Lipinski definition) is 3. The largest absolute Gasteiger partial charge is 0.256 e. The Kier molecular flexibility index (Phi) is 6.51. The highest BCUT2D eigenvalue weighted by Gasteiger charge is 2.12. The van der Waals surface area contributed by atoms with Crippen molar-refractivity contribution in [1.29, 1.82) is 0 Å². The third-order valence-corrected chi connectivity index (χ3v) is 9.34. The Bertz CT molecular complexity index is 2100. The van der Waals surface area contributed by atoms with E-state index in [-0.39, 0.29) is 0 Å². The van der Waals surface area contributed by atoms with Crippen LogP contribution in [-0.2, 0) is 6.42 Å². The van der Waals surface area contributed by atoms with Gasteiger partial charge >= 0.3 is 0 Å². The third kappa shape index (κ3) is 4.98. The molecule has 0 spiro atoms. The fraction of sp³-hybridized carbons (Fsp3) is 0.0500. The van der Waals surface area contributed by atoms with Crippen molar-refractivity contribution in [2.75, 3.05) is 0 Å². The topological polar surface area (TPSA) is 25.8 Å². The van der Waals surface area contributed by atoms with E-state index in [1.165, 1.54) is 49.2 Å². The Labute approximate surface area is 255 Å². The molecule has 2 aromatic heterocycles. The van der Waals surface area contributed by atoms with E-state index < -0.39 is 0 Å². The molecule has 0 radical (unpaired) electrons. The molecule has 0 amide bonds. The molecule has 5 aromatic carbocycles. The van der Waals surface area contributed by atoms with Crippen LogP contribution < -0.4 is 0 Å². The summed E-state index contributed by atoms with van der Waals surface area (Å²) >= 11 is 1.75. The van der Waals surface area contributed by atoms with E-state index in [1.807, 2.05) is 24.4 Å². The smallest absolute Gasteiger partial charge is 0.124 e. The van der Waals surface area contributed by atoms with Gasteiger partial charge in [0.2, 0.25) is 0 Å². The molecule has 2 heterocycles. The molecule has 7 aromatic rings. The van der Waals surface area contributed by atoms with E-state index in [0.717, 1.165) is 40.2 Å². The summed E-state index contributed by atoms with van der Waals surface area (Å²) < 4.78 is 1.20. The van der Waals surface area contributed by atoms with Gasteiger partial charge in [0, 0.05) is 17.3 Å². The summed E-state index contributed by atoms with van der Waals surface area (Å²) in [5.74, 6) is 0. The molecule has 0 aliphatic heterocycles. The summed E-state index contributed by atoms with van der Waals surface area (Å²) in [6, 6.07) is 45.6. The van der Waals surface area contributed by atoms with Crippen LogP contribution in [0.1, 0.15) is 17.5 Å². The van der Waals surface area contributed by atoms with E-state index >= 15 is 0 Å². The second-order valence-corrected chi connectivity index (χ2v) is 12.0. The maximum absolute atomic E-state index is 4.97. The zero-order valence-electron chi connectivity index (χ0n) is 23.6. The molecule has 0 atom stereocenters. The fourth-order valence-electron chi connectivity index (χ4n) is 6.02. The van der Waals surface area contributed by atoms with Gasteiger partial charge < -0.3 is 0 Å². The molecule has 2 nitrogen and oxygen atoms in total. The first-order chi connectivity index (χ1) is 21.3. The molecule has 3 heteroatoms. The Balaban J connectivity index is 1.04. The number of nitrogens with zero attached hydrogens (tertiary/aromatic N) is 2. The Morgan fingerprint density at radius 1 is 0.558 bits per heavy atom. The summed E-state index contributed by atoms with van der Waals surface area (Å²) in [6.45, 7) is 0. The molecule has 1 aliphatic carbocycles. The zero-order chi connectivity index (χ0) is 28.6. The first kappa shape index (κ1) is 25.6. The molecule has 0 bridgehead atoms. The lowest BCUT2D eigenvalue weighted by atomic mass is 9.89. The second-order valence-electron chi connectivity index (χ2n) is 11.0. The predicted octanol–water partition coefficient (Wildman–Crippen LogP) is 11.0. The number of hydrogen-bond donors (Lipinski definition) is 0. The van der Waals surface area contributed by atoms with Crippen molar-refractivity contribution in [3.05, 3.63) is 151 Å². The first-order valence-corrected chi connectivity index (χ1v) is 15.5. The Hall–Kier alpha value is -5.12. The van der Waals surface area contributed by atoms with Gasteiger partial charge in [0.05, 0.1) is 15.9 Å². The molecule has 0 N–H and O–H groups in total. The van der Waals surface area contributed by atoms with Crippen LogP contribution in [-0.4, -0.2) is 9.97 Å². The van der Waals surface area contributed by atoms with Crippen molar-refractivity contribution < 1.29 is 0 Å². The molecule has 43 heavy (non-hydrogen) atoms. The molecule has 0 fully saturated rings. The molecule has 204 valence electrons. The highest BCUT2D eigenvalue weighted by Crippen LogP contribution is 2.36. The van der Waals surface area contributed by atoms with Gasteiger partial charge in [0.15, 0.2) is 0 Å². The van der Waals surface area contributed by atoms with Gasteiger partial charge in [-0.3, -0.25) is 4.98 Å². The predicted molar refractivity (Wildman–Crippen MR) is 182 cm³/mol. The standard InChI is InChI=1S/C40H28N2S/c1-2-11-35-29(7-1)8-6-12-36(35)30-18-14-28(15-19-30)33-22-23-38-39(26-33)43-40(42-38)31-20-16-27(17-21-31)32-9-5-10-34(25-32)37-13-3-4-24-41-37/h1,3-10,12-26H,2,11H2. The molecule has 0 saturated carbocycles. The summed E-state index contributed by atoms with van der Waals surface area (Å²) in [5.41, 5.74) is 14.5. The van der Waals surface area contributed by atoms with Gasteiger partial charge in [-0.15, -0.1) is 11.3 Å². The van der Waals surface area contributed by atoms with Gasteiger partial charge in [0.1, 0.15) is 5.01 Å². The van der Waals surface area contributed by atoms with Crippen molar-refractivity contribution >= 4 is 27.6 Å². The number of pyridine rings is 1. The summed E-state index contributed by atoms with van der Waals surface area (Å²) in [7, 11) is 0. The van der Waals surface area contributed by atoms with E-state index in [4.69, 9.17) is 4.98 Å². The average molecular weight is 569 g/mol. The lowest BCUT2D eigenvalue weighted by molar-refractivity contribution is 0.988. The highest BCUT2D eigenvalue weighted by molar-refractivity contribution is 7.21. The molecular weight excluding hydrogens is 541 g/mol. The number of benzene rings is 5. The Morgan fingerprint density at radius 2 is 1.28 bits per heavy atom. The normalized spacial score (nSPS) is 12.4. The minimum atomic E-state index is 0.984. The number of fused-ring (bicyclic) bond motifs is 2. The third-order valence-electron chi connectivity index (χ3n) is 8.28. The van der Waals surface area contributed by atoms with Crippen molar-refractivity contribution in [2.24, 2.45) is 0 Å². The molecular formula is C40H28N2S. The number of aromatic nitrogens is 2. The molecule has 8 rings (SSSR count). The van der Waals surface area contributed by atoms with E-state index in [0.29, 0.717) is 0 Å². The maximum atomic E-state index is 4.97. The minimum Gasteiger partial charge on any atom is -0.256 e. The van der Waals surface area contributed by atoms with Gasteiger partial charge in [-0.2, -0.15) is 0 Å². The fourth-order valence-corrected chi connectivity index (χ4v) is 7.03. The van der Waals surface area contributed by atoms with Crippen molar-refractivity contribution in [3.8, 4) is 55.2 Å². The number of allylic oxidation sites excluding steroid dienone is 1. The molecule has 0 unspecified atom stereocenters. The molecule has 0 saturated heterocycles. The number of thiazole rings is 1. The van der Waals surface area contributed by atoms with Gasteiger partial charge in [-0.1, -0.05) is 109 Å². The van der Waals surface area contributed by atoms with Gasteiger partial charge in [-0.25, -0.2) is 4.98 Å². The van der Waals surface area contributed by atoms with Gasteiger partial charge in [-0.05, 0) is 87.7 Å². The quantitative estimate of drug-likeness (QED) is 0.206. The minimum absolute atomic E-state index is 0.984. The SMILES string of the molecule is C1=Cc2cccc(-c3ccc(-c4ccc5nc(-c6ccc(-c7cccc(-c8ccccn8)c7)cc6)sc5c4)cc3)c2CC1. The van der Waals surface area contributed by atoms with Crippen LogP contribution in [0.3, 0.4) is 0 Å². The summed E-state index contributed by atoms with van der Waals surface area (Å²) in [6.07, 6.45) is 8.59. The van der Waals surface area contributed by atoms with Crippen molar-refractivity contribution in [2.45, 2.75) is 12.8 Å². The maximum Gasteiger partial charge on any atom is 0.124 e. The lowest BCUT2D eigenvalue weighted by Crippen LogP contribution is -1.97. The lowest BCUT2D eigenvalue weighted by Gasteiger charge is -2.16. The monoisotopic (exact) mass is 568 g/mol. The summed E-state index contributed by atoms with van der Waals surface area (Å²) in [5, 5.41) is 1.04.